The molecule has 4 rings (SSSR count). The van der Waals surface area contributed by atoms with Gasteiger partial charge in [0.1, 0.15) is 5.84 Å². The first-order chi connectivity index (χ1) is 12.4. The molecule has 1 aromatic carbocycles. The fourth-order valence-electron chi connectivity index (χ4n) is 3.67. The molecule has 26 heavy (non-hydrogen) atoms. The van der Waals surface area contributed by atoms with Crippen molar-refractivity contribution >= 4 is 5.84 Å². The van der Waals surface area contributed by atoms with Crippen molar-refractivity contribution in [1.82, 2.24) is 19.8 Å². The summed E-state index contributed by atoms with van der Waals surface area (Å²) in [5, 5.41) is 11.1. The van der Waals surface area contributed by atoms with Gasteiger partial charge in [-0.2, -0.15) is 22.9 Å². The highest BCUT2D eigenvalue weighted by Crippen LogP contribution is 2.31. The lowest BCUT2D eigenvalue weighted by molar-refractivity contribution is -0.147. The van der Waals surface area contributed by atoms with Crippen molar-refractivity contribution in [3.63, 3.8) is 0 Å². The van der Waals surface area contributed by atoms with Gasteiger partial charge in [-0.1, -0.05) is 29.8 Å². The fourth-order valence-corrected chi connectivity index (χ4v) is 3.67. The third-order valence-corrected chi connectivity index (χ3v) is 5.16. The van der Waals surface area contributed by atoms with Gasteiger partial charge >= 0.3 is 6.18 Å². The maximum atomic E-state index is 13.0. The van der Waals surface area contributed by atoms with Crippen LogP contribution >= 0.6 is 0 Å². The van der Waals surface area contributed by atoms with Crippen molar-refractivity contribution in [2.75, 3.05) is 13.1 Å². The summed E-state index contributed by atoms with van der Waals surface area (Å²) < 4.78 is 40.0. The van der Waals surface area contributed by atoms with Gasteiger partial charge in [0.15, 0.2) is 5.82 Å². The summed E-state index contributed by atoms with van der Waals surface area (Å²) in [4.78, 5) is 2.10. The van der Waals surface area contributed by atoms with Gasteiger partial charge in [0.25, 0.3) is 5.82 Å². The summed E-state index contributed by atoms with van der Waals surface area (Å²) in [5.41, 5.74) is 2.58. The predicted molar refractivity (Wildman–Crippen MR) is 90.9 cm³/mol. The Morgan fingerprint density at radius 1 is 1.00 bits per heavy atom. The van der Waals surface area contributed by atoms with Gasteiger partial charge in [0.2, 0.25) is 0 Å². The number of aromatic nitrogens is 3. The van der Waals surface area contributed by atoms with Gasteiger partial charge in [-0.25, -0.2) is 0 Å². The van der Waals surface area contributed by atoms with E-state index in [1.807, 2.05) is 0 Å². The van der Waals surface area contributed by atoms with Crippen LogP contribution in [-0.4, -0.2) is 38.7 Å². The summed E-state index contributed by atoms with van der Waals surface area (Å²) in [7, 11) is 0. The van der Waals surface area contributed by atoms with Crippen LogP contribution < -0.4 is 0 Å². The number of alkyl halides is 3. The quantitative estimate of drug-likeness (QED) is 0.778. The molecule has 8 heteroatoms. The molecule has 2 aromatic rings. The monoisotopic (exact) mass is 363 g/mol. The van der Waals surface area contributed by atoms with E-state index < -0.39 is 12.0 Å². The van der Waals surface area contributed by atoms with Crippen LogP contribution in [0.2, 0.25) is 0 Å². The lowest BCUT2D eigenvalue weighted by atomic mass is 9.89. The van der Waals surface area contributed by atoms with Gasteiger partial charge in [-0.3, -0.25) is 0 Å². The molecule has 0 bridgehead atoms. The molecule has 2 aliphatic rings. The Labute approximate surface area is 149 Å². The van der Waals surface area contributed by atoms with Crippen molar-refractivity contribution in [2.45, 2.75) is 44.7 Å². The minimum absolute atomic E-state index is 0.274. The Balaban J connectivity index is 1.48. The van der Waals surface area contributed by atoms with Crippen molar-refractivity contribution < 1.29 is 13.2 Å². The topological polar surface area (TPSA) is 46.3 Å². The normalized spacial score (nSPS) is 18.6. The number of hydrogen-bond donors (Lipinski definition) is 0. The highest BCUT2D eigenvalue weighted by Gasteiger charge is 2.40. The molecule has 0 amide bonds. The molecule has 0 atom stereocenters. The second-order valence-corrected chi connectivity index (χ2v) is 6.94. The molecule has 3 heterocycles. The second kappa shape index (κ2) is 6.41. The van der Waals surface area contributed by atoms with Gasteiger partial charge < -0.3 is 4.90 Å². The Bertz CT molecular complexity index is 814. The number of halogens is 3. The average Bonchev–Trinajstić information content (AvgIpc) is 3.06. The van der Waals surface area contributed by atoms with Crippen LogP contribution in [-0.2, 0) is 12.6 Å². The molecule has 138 valence electrons. The standard InChI is InChI=1S/C18H20F3N5/c1-12-2-4-13(5-3-12)14-8-10-25(11-9-14)16-7-6-15-22-23-17(18(19,20)21)26(15)24-16/h2-5,14H,6-11H2,1H3. The Morgan fingerprint density at radius 2 is 1.69 bits per heavy atom. The van der Waals surface area contributed by atoms with E-state index in [0.29, 0.717) is 24.6 Å². The zero-order chi connectivity index (χ0) is 18.3. The Kier molecular flexibility index (Phi) is 4.20. The number of piperidine rings is 1. The zero-order valence-electron chi connectivity index (χ0n) is 14.5. The second-order valence-electron chi connectivity index (χ2n) is 6.94. The lowest BCUT2D eigenvalue weighted by Gasteiger charge is -2.35. The van der Waals surface area contributed by atoms with Crippen LogP contribution in [0.1, 0.15) is 48.0 Å². The minimum atomic E-state index is -4.55. The molecule has 1 aromatic heterocycles. The number of rotatable bonds is 1. The third kappa shape index (κ3) is 3.20. The summed E-state index contributed by atoms with van der Waals surface area (Å²) in [6.07, 6.45) is -1.56. The number of nitrogens with zero attached hydrogens (tertiary/aromatic N) is 5. The van der Waals surface area contributed by atoms with E-state index in [2.05, 4.69) is 51.4 Å². The van der Waals surface area contributed by atoms with E-state index in [1.165, 1.54) is 11.1 Å². The molecule has 0 radical (unpaired) electrons. The van der Waals surface area contributed by atoms with Crippen molar-refractivity contribution in [2.24, 2.45) is 5.10 Å². The van der Waals surface area contributed by atoms with Gasteiger partial charge in [-0.05, 0) is 31.2 Å². The maximum Gasteiger partial charge on any atom is 0.453 e. The van der Waals surface area contributed by atoms with E-state index in [9.17, 15) is 13.2 Å². The van der Waals surface area contributed by atoms with Crippen LogP contribution in [0.5, 0.6) is 0 Å². The summed E-state index contributed by atoms with van der Waals surface area (Å²) in [6, 6.07) is 8.60. The van der Waals surface area contributed by atoms with E-state index in [0.717, 1.165) is 30.6 Å². The molecule has 0 unspecified atom stereocenters. The van der Waals surface area contributed by atoms with Gasteiger partial charge in [0.05, 0.1) is 0 Å². The predicted octanol–water partition coefficient (Wildman–Crippen LogP) is 3.59. The van der Waals surface area contributed by atoms with E-state index in [-0.39, 0.29) is 5.82 Å². The lowest BCUT2D eigenvalue weighted by Crippen LogP contribution is -2.40. The molecule has 0 saturated carbocycles. The number of likely N-dealkylation sites (tertiary alicyclic amines) is 1. The fraction of sp³-hybridized carbons (Fsp3) is 0.500. The smallest absolute Gasteiger partial charge is 0.359 e. The first-order valence-corrected chi connectivity index (χ1v) is 8.82. The molecule has 0 spiro atoms. The molecule has 1 fully saturated rings. The molecule has 5 nitrogen and oxygen atoms in total. The molecule has 0 N–H and O–H groups in total. The van der Waals surface area contributed by atoms with Crippen LogP contribution in [0.25, 0.3) is 0 Å². The first kappa shape index (κ1) is 17.1. The summed E-state index contributed by atoms with van der Waals surface area (Å²) >= 11 is 0. The van der Waals surface area contributed by atoms with Gasteiger partial charge in [-0.15, -0.1) is 10.2 Å². The minimum Gasteiger partial charge on any atom is -0.359 e. The van der Waals surface area contributed by atoms with Crippen molar-refractivity contribution in [1.29, 1.82) is 0 Å². The first-order valence-electron chi connectivity index (χ1n) is 8.82. The third-order valence-electron chi connectivity index (χ3n) is 5.16. The highest BCUT2D eigenvalue weighted by molar-refractivity contribution is 5.83. The zero-order valence-corrected chi connectivity index (χ0v) is 14.5. The van der Waals surface area contributed by atoms with Crippen LogP contribution in [0.3, 0.4) is 0 Å². The van der Waals surface area contributed by atoms with Crippen LogP contribution in [0, 0.1) is 6.92 Å². The van der Waals surface area contributed by atoms with Crippen molar-refractivity contribution in [3.05, 3.63) is 47.0 Å². The Hall–Kier alpha value is -2.38. The summed E-state index contributed by atoms with van der Waals surface area (Å²) in [6.45, 7) is 3.68. The number of hydrogen-bond acceptors (Lipinski definition) is 4. The van der Waals surface area contributed by atoms with E-state index in [1.54, 1.807) is 0 Å². The molecule has 2 aliphatic heterocycles. The number of benzene rings is 1. The van der Waals surface area contributed by atoms with Crippen LogP contribution in [0.4, 0.5) is 13.2 Å². The van der Waals surface area contributed by atoms with Crippen molar-refractivity contribution in [3.8, 4) is 0 Å². The maximum absolute atomic E-state index is 13.0. The van der Waals surface area contributed by atoms with Crippen LogP contribution in [0.15, 0.2) is 29.4 Å². The molecule has 0 aliphatic carbocycles. The molecular weight excluding hydrogens is 343 g/mol. The molecular formula is C18H20F3N5. The average molecular weight is 363 g/mol. The number of aryl methyl sites for hydroxylation is 2. The van der Waals surface area contributed by atoms with E-state index >= 15 is 0 Å². The highest BCUT2D eigenvalue weighted by atomic mass is 19.4. The Morgan fingerprint density at radius 3 is 2.35 bits per heavy atom. The summed E-state index contributed by atoms with van der Waals surface area (Å²) in [5.74, 6) is 0.423. The van der Waals surface area contributed by atoms with Gasteiger partial charge in [0, 0.05) is 25.9 Å². The number of amidine groups is 1. The number of fused-ring (bicyclic) bond motifs is 1. The SMILES string of the molecule is Cc1ccc(C2CCN(C3=Nn4c(nnc4C(F)(F)F)CC3)CC2)cc1. The molecule has 1 saturated heterocycles. The largest absolute Gasteiger partial charge is 0.453 e. The van der Waals surface area contributed by atoms with E-state index in [4.69, 9.17) is 0 Å².